The Morgan fingerprint density at radius 3 is 2.95 bits per heavy atom. The van der Waals surface area contributed by atoms with Gasteiger partial charge in [0, 0.05) is 18.0 Å². The lowest BCUT2D eigenvalue weighted by atomic mass is 9.93. The molecule has 3 N–H and O–H groups in total. The van der Waals surface area contributed by atoms with E-state index < -0.39 is 0 Å². The molecule has 1 aliphatic heterocycles. The Labute approximate surface area is 119 Å². The van der Waals surface area contributed by atoms with Gasteiger partial charge in [0.1, 0.15) is 0 Å². The second-order valence-electron chi connectivity index (χ2n) is 5.33. The van der Waals surface area contributed by atoms with Crippen molar-refractivity contribution in [2.24, 2.45) is 0 Å². The molecule has 2 unspecified atom stereocenters. The Morgan fingerprint density at radius 1 is 1.60 bits per heavy atom. The van der Waals surface area contributed by atoms with E-state index in [9.17, 15) is 4.79 Å². The molecule has 20 heavy (non-hydrogen) atoms. The Kier molecular flexibility index (Phi) is 4.18. The lowest BCUT2D eigenvalue weighted by Gasteiger charge is -2.31. The van der Waals surface area contributed by atoms with Gasteiger partial charge < -0.3 is 20.5 Å². The van der Waals surface area contributed by atoms with Crippen molar-refractivity contribution >= 4 is 17.3 Å². The summed E-state index contributed by atoms with van der Waals surface area (Å²) in [5.41, 5.74) is 7.31. The van der Waals surface area contributed by atoms with Crippen molar-refractivity contribution in [3.05, 3.63) is 23.8 Å². The lowest BCUT2D eigenvalue weighted by Crippen LogP contribution is -2.41. The maximum Gasteiger partial charge on any atom is 0.340 e. The smallest absolute Gasteiger partial charge is 0.340 e. The van der Waals surface area contributed by atoms with E-state index in [1.807, 2.05) is 13.0 Å². The van der Waals surface area contributed by atoms with Gasteiger partial charge in [-0.1, -0.05) is 0 Å². The summed E-state index contributed by atoms with van der Waals surface area (Å²) in [6.45, 7) is 6.96. The van der Waals surface area contributed by atoms with E-state index in [1.165, 1.54) is 0 Å². The molecule has 0 saturated carbocycles. The summed E-state index contributed by atoms with van der Waals surface area (Å²) in [7, 11) is 0. The lowest BCUT2D eigenvalue weighted by molar-refractivity contribution is 0.0527. The third-order valence-corrected chi connectivity index (χ3v) is 3.85. The number of carbonyl (C=O) groups excluding carboxylic acids is 1. The standard InChI is InChI=1S/C15H22N2O3/c1-4-19-14(18)12-9-11(16)5-6-13(12)17-15(3)7-8-20-10(15)2/h5-6,9-10,17H,4,7-8,16H2,1-3H3. The first-order valence-corrected chi connectivity index (χ1v) is 6.92. The zero-order valence-electron chi connectivity index (χ0n) is 12.2. The molecule has 5 nitrogen and oxygen atoms in total. The van der Waals surface area contributed by atoms with E-state index in [0.717, 1.165) is 12.1 Å². The molecule has 0 bridgehead atoms. The van der Waals surface area contributed by atoms with Crippen LogP contribution in [0, 0.1) is 0 Å². The van der Waals surface area contributed by atoms with Crippen LogP contribution in [0.3, 0.4) is 0 Å². The van der Waals surface area contributed by atoms with Gasteiger partial charge in [0.05, 0.1) is 23.8 Å². The van der Waals surface area contributed by atoms with Crippen LogP contribution in [0.5, 0.6) is 0 Å². The fourth-order valence-corrected chi connectivity index (χ4v) is 2.36. The van der Waals surface area contributed by atoms with E-state index in [4.69, 9.17) is 15.2 Å². The predicted molar refractivity (Wildman–Crippen MR) is 78.9 cm³/mol. The van der Waals surface area contributed by atoms with E-state index in [0.29, 0.717) is 24.5 Å². The molecule has 1 fully saturated rings. The number of anilines is 2. The van der Waals surface area contributed by atoms with Crippen LogP contribution in [0.2, 0.25) is 0 Å². The molecular formula is C15H22N2O3. The Bertz CT molecular complexity index is 504. The van der Waals surface area contributed by atoms with Crippen LogP contribution in [0.1, 0.15) is 37.6 Å². The highest BCUT2D eigenvalue weighted by molar-refractivity contribution is 5.96. The molecule has 1 aliphatic rings. The SMILES string of the molecule is CCOC(=O)c1cc(N)ccc1NC1(C)CCOC1C. The summed E-state index contributed by atoms with van der Waals surface area (Å²) in [4.78, 5) is 12.0. The van der Waals surface area contributed by atoms with Crippen molar-refractivity contribution in [1.82, 2.24) is 0 Å². The summed E-state index contributed by atoms with van der Waals surface area (Å²) in [5.74, 6) is -0.363. The Balaban J connectivity index is 2.29. The van der Waals surface area contributed by atoms with Crippen LogP contribution in [0.25, 0.3) is 0 Å². The topological polar surface area (TPSA) is 73.6 Å². The number of esters is 1. The van der Waals surface area contributed by atoms with Crippen molar-refractivity contribution in [1.29, 1.82) is 0 Å². The van der Waals surface area contributed by atoms with Gasteiger partial charge in [0.15, 0.2) is 0 Å². The van der Waals surface area contributed by atoms with Gasteiger partial charge in [-0.3, -0.25) is 0 Å². The summed E-state index contributed by atoms with van der Waals surface area (Å²) in [5, 5.41) is 3.42. The molecule has 1 aromatic carbocycles. The maximum atomic E-state index is 12.0. The third-order valence-electron chi connectivity index (χ3n) is 3.85. The van der Waals surface area contributed by atoms with Crippen LogP contribution in [-0.4, -0.2) is 30.8 Å². The molecule has 5 heteroatoms. The second kappa shape index (κ2) is 5.71. The minimum Gasteiger partial charge on any atom is -0.462 e. The molecule has 1 aromatic rings. The largest absolute Gasteiger partial charge is 0.462 e. The maximum absolute atomic E-state index is 12.0. The van der Waals surface area contributed by atoms with Gasteiger partial charge in [-0.05, 0) is 45.4 Å². The van der Waals surface area contributed by atoms with Crippen molar-refractivity contribution in [2.45, 2.75) is 38.8 Å². The highest BCUT2D eigenvalue weighted by Gasteiger charge is 2.37. The number of carbonyl (C=O) groups is 1. The van der Waals surface area contributed by atoms with E-state index in [2.05, 4.69) is 12.2 Å². The minimum absolute atomic E-state index is 0.0788. The number of nitrogens with one attached hydrogen (secondary N) is 1. The van der Waals surface area contributed by atoms with E-state index in [1.54, 1.807) is 19.1 Å². The summed E-state index contributed by atoms with van der Waals surface area (Å²) in [6, 6.07) is 5.23. The molecule has 110 valence electrons. The third kappa shape index (κ3) is 2.88. The number of benzene rings is 1. The first-order valence-electron chi connectivity index (χ1n) is 6.92. The van der Waals surface area contributed by atoms with E-state index >= 15 is 0 Å². The molecule has 0 aromatic heterocycles. The van der Waals surface area contributed by atoms with Crippen LogP contribution < -0.4 is 11.1 Å². The van der Waals surface area contributed by atoms with Gasteiger partial charge in [0.2, 0.25) is 0 Å². The Morgan fingerprint density at radius 2 is 2.35 bits per heavy atom. The second-order valence-corrected chi connectivity index (χ2v) is 5.33. The molecule has 0 aliphatic carbocycles. The molecule has 0 radical (unpaired) electrons. The average molecular weight is 278 g/mol. The molecule has 0 spiro atoms. The van der Waals surface area contributed by atoms with Gasteiger partial charge >= 0.3 is 5.97 Å². The van der Waals surface area contributed by atoms with Crippen LogP contribution in [0.15, 0.2) is 18.2 Å². The average Bonchev–Trinajstić information content (AvgIpc) is 2.72. The molecular weight excluding hydrogens is 256 g/mol. The number of rotatable bonds is 4. The zero-order valence-corrected chi connectivity index (χ0v) is 12.2. The number of hydrogen-bond acceptors (Lipinski definition) is 5. The van der Waals surface area contributed by atoms with E-state index in [-0.39, 0.29) is 17.6 Å². The number of ether oxygens (including phenoxy) is 2. The first kappa shape index (κ1) is 14.7. The van der Waals surface area contributed by atoms with Crippen LogP contribution >= 0.6 is 0 Å². The summed E-state index contributed by atoms with van der Waals surface area (Å²) < 4.78 is 10.7. The molecule has 1 heterocycles. The van der Waals surface area contributed by atoms with Gasteiger partial charge in [-0.15, -0.1) is 0 Å². The van der Waals surface area contributed by atoms with Crippen molar-refractivity contribution in [2.75, 3.05) is 24.3 Å². The number of nitrogen functional groups attached to an aromatic ring is 1. The van der Waals surface area contributed by atoms with Gasteiger partial charge in [0.25, 0.3) is 0 Å². The molecule has 0 amide bonds. The minimum atomic E-state index is -0.363. The highest BCUT2D eigenvalue weighted by Crippen LogP contribution is 2.31. The van der Waals surface area contributed by atoms with Crippen LogP contribution in [-0.2, 0) is 9.47 Å². The summed E-state index contributed by atoms with van der Waals surface area (Å²) >= 11 is 0. The molecule has 2 atom stereocenters. The first-order chi connectivity index (χ1) is 9.46. The van der Waals surface area contributed by atoms with Crippen LogP contribution in [0.4, 0.5) is 11.4 Å². The fourth-order valence-electron chi connectivity index (χ4n) is 2.36. The number of hydrogen-bond donors (Lipinski definition) is 2. The molecule has 1 saturated heterocycles. The normalized spacial score (nSPS) is 25.4. The van der Waals surface area contributed by atoms with Gasteiger partial charge in [-0.25, -0.2) is 4.79 Å². The predicted octanol–water partition coefficient (Wildman–Crippen LogP) is 2.42. The monoisotopic (exact) mass is 278 g/mol. The van der Waals surface area contributed by atoms with Crippen molar-refractivity contribution in [3.8, 4) is 0 Å². The highest BCUT2D eigenvalue weighted by atomic mass is 16.5. The zero-order chi connectivity index (χ0) is 14.8. The summed E-state index contributed by atoms with van der Waals surface area (Å²) in [6.07, 6.45) is 0.968. The quantitative estimate of drug-likeness (QED) is 0.653. The van der Waals surface area contributed by atoms with Gasteiger partial charge in [-0.2, -0.15) is 0 Å². The van der Waals surface area contributed by atoms with Crippen molar-refractivity contribution < 1.29 is 14.3 Å². The Hall–Kier alpha value is -1.75. The molecule has 2 rings (SSSR count). The fraction of sp³-hybridized carbons (Fsp3) is 0.533. The number of nitrogens with two attached hydrogens (primary N) is 1. The van der Waals surface area contributed by atoms with Crippen molar-refractivity contribution in [3.63, 3.8) is 0 Å².